The molecule has 0 radical (unpaired) electrons. The highest BCUT2D eigenvalue weighted by Crippen LogP contribution is 2.29. The molecule has 0 aliphatic rings. The highest BCUT2D eigenvalue weighted by atomic mass is 16.1. The molecule has 2 rings (SSSR count). The average molecular weight is 340 g/mol. The normalized spacial score (nSPS) is 11.2. The molecule has 25 heavy (non-hydrogen) atoms. The Hall–Kier alpha value is -2.43. The van der Waals surface area contributed by atoms with Gasteiger partial charge in [-0.2, -0.15) is 0 Å². The summed E-state index contributed by atoms with van der Waals surface area (Å²) in [7, 11) is 0. The van der Waals surface area contributed by atoms with E-state index >= 15 is 0 Å². The molecule has 134 valence electrons. The lowest BCUT2D eigenvalue weighted by molar-refractivity contribution is 0.102. The van der Waals surface area contributed by atoms with E-state index in [9.17, 15) is 4.79 Å². The summed E-state index contributed by atoms with van der Waals surface area (Å²) < 4.78 is 0. The van der Waals surface area contributed by atoms with Crippen molar-refractivity contribution < 1.29 is 4.79 Å². The Balaban J connectivity index is 2.02. The van der Waals surface area contributed by atoms with Crippen LogP contribution in [0.5, 0.6) is 0 Å². The zero-order valence-electron chi connectivity index (χ0n) is 15.6. The summed E-state index contributed by atoms with van der Waals surface area (Å²) >= 11 is 0. The molecule has 1 aromatic carbocycles. The minimum atomic E-state index is -0.248. The van der Waals surface area contributed by atoms with Gasteiger partial charge in [0.25, 0.3) is 5.91 Å². The van der Waals surface area contributed by atoms with Gasteiger partial charge in [-0.1, -0.05) is 58.7 Å². The fourth-order valence-corrected chi connectivity index (χ4v) is 2.56. The van der Waals surface area contributed by atoms with Gasteiger partial charge in [-0.15, -0.1) is 0 Å². The minimum absolute atomic E-state index is 0.0538. The number of nitrogens with zero attached hydrogens (tertiary/aromatic N) is 2. The second kappa shape index (κ2) is 8.60. The summed E-state index contributed by atoms with van der Waals surface area (Å²) in [5, 5.41) is 6.17. The first kappa shape index (κ1) is 18.9. The highest BCUT2D eigenvalue weighted by molar-refractivity contribution is 6.03. The van der Waals surface area contributed by atoms with Gasteiger partial charge in [-0.05, 0) is 23.5 Å². The molecule has 0 saturated heterocycles. The van der Waals surface area contributed by atoms with Gasteiger partial charge in [0.15, 0.2) is 0 Å². The largest absolute Gasteiger partial charge is 0.369 e. The van der Waals surface area contributed by atoms with Crippen molar-refractivity contribution in [1.82, 2.24) is 9.97 Å². The Morgan fingerprint density at radius 1 is 1.08 bits per heavy atom. The van der Waals surface area contributed by atoms with Gasteiger partial charge in [-0.3, -0.25) is 4.79 Å². The third-order valence-corrected chi connectivity index (χ3v) is 3.95. The maximum Gasteiger partial charge on any atom is 0.275 e. The second-order valence-corrected chi connectivity index (χ2v) is 7.17. The van der Waals surface area contributed by atoms with Crippen molar-refractivity contribution in [1.29, 1.82) is 0 Å². The van der Waals surface area contributed by atoms with Gasteiger partial charge in [0.2, 0.25) is 0 Å². The molecule has 0 bridgehead atoms. The van der Waals surface area contributed by atoms with Crippen LogP contribution in [0.4, 0.5) is 11.5 Å². The number of aromatic nitrogens is 2. The molecular formula is C20H28N4O. The van der Waals surface area contributed by atoms with E-state index in [0.29, 0.717) is 11.5 Å². The van der Waals surface area contributed by atoms with Crippen molar-refractivity contribution in [3.8, 4) is 0 Å². The van der Waals surface area contributed by atoms with Crippen molar-refractivity contribution in [2.24, 2.45) is 0 Å². The lowest BCUT2D eigenvalue weighted by Gasteiger charge is -2.22. The second-order valence-electron chi connectivity index (χ2n) is 7.17. The molecule has 0 aliphatic carbocycles. The monoisotopic (exact) mass is 340 g/mol. The summed E-state index contributed by atoms with van der Waals surface area (Å²) in [6.45, 7) is 9.41. The van der Waals surface area contributed by atoms with Crippen LogP contribution in [-0.2, 0) is 5.41 Å². The van der Waals surface area contributed by atoms with Crippen molar-refractivity contribution in [2.45, 2.75) is 52.4 Å². The number of benzene rings is 1. The molecule has 2 aromatic rings. The Morgan fingerprint density at radius 3 is 2.48 bits per heavy atom. The lowest BCUT2D eigenvalue weighted by Crippen LogP contribution is -2.19. The van der Waals surface area contributed by atoms with Gasteiger partial charge in [0.05, 0.1) is 12.4 Å². The van der Waals surface area contributed by atoms with Gasteiger partial charge in [0, 0.05) is 12.2 Å². The molecule has 2 N–H and O–H groups in total. The first-order chi connectivity index (χ1) is 11.9. The molecule has 0 atom stereocenters. The lowest BCUT2D eigenvalue weighted by atomic mass is 9.86. The summed E-state index contributed by atoms with van der Waals surface area (Å²) in [5.41, 5.74) is 2.15. The topological polar surface area (TPSA) is 66.9 Å². The highest BCUT2D eigenvalue weighted by Gasteiger charge is 2.19. The fraction of sp³-hybridized carbons (Fsp3) is 0.450. The van der Waals surface area contributed by atoms with E-state index < -0.39 is 0 Å². The Kier molecular flexibility index (Phi) is 6.51. The van der Waals surface area contributed by atoms with E-state index in [2.05, 4.69) is 48.3 Å². The predicted octanol–water partition coefficient (Wildman–Crippen LogP) is 4.63. The van der Waals surface area contributed by atoms with Crippen LogP contribution in [0.15, 0.2) is 36.7 Å². The number of nitrogens with one attached hydrogen (secondary N) is 2. The van der Waals surface area contributed by atoms with Gasteiger partial charge < -0.3 is 10.6 Å². The maximum absolute atomic E-state index is 12.5. The quantitative estimate of drug-likeness (QED) is 0.721. The van der Waals surface area contributed by atoms with Crippen LogP contribution in [0.1, 0.15) is 63.0 Å². The molecule has 5 nitrogen and oxygen atoms in total. The number of carbonyl (C=O) groups excluding carboxylic acids is 1. The van der Waals surface area contributed by atoms with Crippen molar-refractivity contribution in [3.63, 3.8) is 0 Å². The van der Waals surface area contributed by atoms with Crippen LogP contribution in [0.25, 0.3) is 0 Å². The van der Waals surface area contributed by atoms with Gasteiger partial charge >= 0.3 is 0 Å². The molecule has 1 aromatic heterocycles. The Morgan fingerprint density at radius 2 is 1.84 bits per heavy atom. The molecule has 5 heteroatoms. The van der Waals surface area contributed by atoms with E-state index in [1.54, 1.807) is 6.20 Å². The summed E-state index contributed by atoms with van der Waals surface area (Å²) in [6.07, 6.45) is 6.59. The minimum Gasteiger partial charge on any atom is -0.369 e. The Labute approximate surface area is 150 Å². The van der Waals surface area contributed by atoms with E-state index in [1.165, 1.54) is 19.0 Å². The molecule has 1 heterocycles. The molecule has 1 amide bonds. The van der Waals surface area contributed by atoms with E-state index in [4.69, 9.17) is 0 Å². The first-order valence-corrected chi connectivity index (χ1v) is 8.88. The van der Waals surface area contributed by atoms with Crippen LogP contribution in [-0.4, -0.2) is 22.4 Å². The van der Waals surface area contributed by atoms with Crippen molar-refractivity contribution in [2.75, 3.05) is 17.2 Å². The smallest absolute Gasteiger partial charge is 0.275 e. The van der Waals surface area contributed by atoms with Crippen LogP contribution in [0.3, 0.4) is 0 Å². The molecule has 0 fully saturated rings. The molecule has 0 aliphatic heterocycles. The Bertz CT molecular complexity index is 690. The maximum atomic E-state index is 12.5. The van der Waals surface area contributed by atoms with Crippen molar-refractivity contribution >= 4 is 17.4 Å². The van der Waals surface area contributed by atoms with Crippen LogP contribution in [0, 0.1) is 0 Å². The molecule has 0 spiro atoms. The number of rotatable bonds is 7. The summed E-state index contributed by atoms with van der Waals surface area (Å²) in [4.78, 5) is 21.0. The van der Waals surface area contributed by atoms with Crippen LogP contribution >= 0.6 is 0 Å². The number of para-hydroxylation sites is 1. The summed E-state index contributed by atoms with van der Waals surface area (Å²) in [6, 6.07) is 7.84. The number of anilines is 2. The number of carbonyl (C=O) groups is 1. The predicted molar refractivity (Wildman–Crippen MR) is 103 cm³/mol. The van der Waals surface area contributed by atoms with E-state index in [-0.39, 0.29) is 11.3 Å². The molecule has 0 saturated carbocycles. The zero-order valence-corrected chi connectivity index (χ0v) is 15.6. The SMILES string of the molecule is CCCCCNc1cnc(C(=O)Nc2ccccc2C(C)(C)C)cn1. The van der Waals surface area contributed by atoms with Gasteiger partial charge in [0.1, 0.15) is 11.5 Å². The first-order valence-electron chi connectivity index (χ1n) is 8.88. The standard InChI is InChI=1S/C20H28N4O/c1-5-6-9-12-21-18-14-22-17(13-23-18)19(25)24-16-11-8-7-10-15(16)20(2,3)4/h7-8,10-11,13-14H,5-6,9,12H2,1-4H3,(H,21,23)(H,24,25). The average Bonchev–Trinajstić information content (AvgIpc) is 2.59. The third kappa shape index (κ3) is 5.55. The van der Waals surface area contributed by atoms with E-state index in [1.807, 2.05) is 24.3 Å². The van der Waals surface area contributed by atoms with Crippen molar-refractivity contribution in [3.05, 3.63) is 47.9 Å². The summed E-state index contributed by atoms with van der Waals surface area (Å²) in [5.74, 6) is 0.449. The van der Waals surface area contributed by atoms with E-state index in [0.717, 1.165) is 24.2 Å². The third-order valence-electron chi connectivity index (χ3n) is 3.95. The van der Waals surface area contributed by atoms with Gasteiger partial charge in [-0.25, -0.2) is 9.97 Å². The fourth-order valence-electron chi connectivity index (χ4n) is 2.56. The van der Waals surface area contributed by atoms with Crippen LogP contribution < -0.4 is 10.6 Å². The van der Waals surface area contributed by atoms with Crippen LogP contribution in [0.2, 0.25) is 0 Å². The molecular weight excluding hydrogens is 312 g/mol. The molecule has 0 unspecified atom stereocenters. The zero-order chi connectivity index (χ0) is 18.3. The number of unbranched alkanes of at least 4 members (excludes halogenated alkanes) is 2. The number of hydrogen-bond acceptors (Lipinski definition) is 4. The number of amides is 1. The number of hydrogen-bond donors (Lipinski definition) is 2.